The lowest BCUT2D eigenvalue weighted by atomic mass is 10.2. The van der Waals surface area contributed by atoms with E-state index in [9.17, 15) is 14.4 Å². The summed E-state index contributed by atoms with van der Waals surface area (Å²) >= 11 is 9.36. The van der Waals surface area contributed by atoms with Crippen LogP contribution in [0.25, 0.3) is 0 Å². The van der Waals surface area contributed by atoms with Crippen LogP contribution in [-0.4, -0.2) is 30.5 Å². The van der Waals surface area contributed by atoms with Crippen LogP contribution in [-0.2, 0) is 4.79 Å². The summed E-state index contributed by atoms with van der Waals surface area (Å²) in [5.74, 6) is -0.741. The van der Waals surface area contributed by atoms with Gasteiger partial charge in [-0.3, -0.25) is 9.59 Å². The molecule has 0 saturated carbocycles. The number of rotatable bonds is 9. The van der Waals surface area contributed by atoms with Crippen molar-refractivity contribution in [3.63, 3.8) is 0 Å². The van der Waals surface area contributed by atoms with Crippen LogP contribution in [0.3, 0.4) is 0 Å². The maximum absolute atomic E-state index is 12.3. The maximum Gasteiger partial charge on any atom is 0.345 e. The molecule has 0 aromatic heterocycles. The molecule has 0 fully saturated rings. The lowest BCUT2D eigenvalue weighted by molar-refractivity contribution is -0.121. The van der Waals surface area contributed by atoms with Crippen LogP contribution < -0.4 is 15.5 Å². The molecular formula is C25H21BrClN3O4. The van der Waals surface area contributed by atoms with Gasteiger partial charge in [-0.15, -0.1) is 0 Å². The van der Waals surface area contributed by atoms with Gasteiger partial charge in [-0.25, -0.2) is 10.2 Å². The number of carbonyl (C=O) groups excluding carboxylic acids is 3. The highest BCUT2D eigenvalue weighted by Crippen LogP contribution is 2.19. The van der Waals surface area contributed by atoms with E-state index in [1.54, 1.807) is 66.7 Å². The molecule has 3 aromatic rings. The first-order chi connectivity index (χ1) is 16.4. The van der Waals surface area contributed by atoms with E-state index in [4.69, 9.17) is 16.3 Å². The third-order valence-electron chi connectivity index (χ3n) is 4.55. The van der Waals surface area contributed by atoms with Gasteiger partial charge in [0, 0.05) is 17.4 Å². The van der Waals surface area contributed by atoms with E-state index in [-0.39, 0.29) is 23.8 Å². The molecule has 174 valence electrons. The van der Waals surface area contributed by atoms with Crippen molar-refractivity contribution < 1.29 is 19.1 Å². The normalized spacial score (nSPS) is 10.6. The highest BCUT2D eigenvalue weighted by molar-refractivity contribution is 9.10. The van der Waals surface area contributed by atoms with E-state index in [0.717, 1.165) is 0 Å². The lowest BCUT2D eigenvalue weighted by Gasteiger charge is -2.07. The molecule has 0 spiro atoms. The number of hydrogen-bond donors (Lipinski definition) is 2. The number of carbonyl (C=O) groups is 3. The van der Waals surface area contributed by atoms with E-state index in [1.165, 1.54) is 6.21 Å². The number of nitrogens with one attached hydrogen (secondary N) is 2. The first-order valence-corrected chi connectivity index (χ1v) is 11.5. The van der Waals surface area contributed by atoms with E-state index in [2.05, 4.69) is 31.8 Å². The Morgan fingerprint density at radius 3 is 2.47 bits per heavy atom. The molecule has 7 nitrogen and oxygen atoms in total. The molecule has 0 aliphatic heterocycles. The predicted octanol–water partition coefficient (Wildman–Crippen LogP) is 4.98. The van der Waals surface area contributed by atoms with Gasteiger partial charge in [0.25, 0.3) is 5.91 Å². The van der Waals surface area contributed by atoms with Gasteiger partial charge >= 0.3 is 5.97 Å². The number of ether oxygens (including phenoxy) is 1. The molecule has 34 heavy (non-hydrogen) atoms. The van der Waals surface area contributed by atoms with Gasteiger partial charge in [-0.2, -0.15) is 5.10 Å². The minimum Gasteiger partial charge on any atom is -0.423 e. The second-order valence-electron chi connectivity index (χ2n) is 7.07. The number of nitrogens with zero attached hydrogens (tertiary/aromatic N) is 1. The molecular weight excluding hydrogens is 522 g/mol. The van der Waals surface area contributed by atoms with Gasteiger partial charge in [-0.1, -0.05) is 48.0 Å². The SMILES string of the molecule is O=C(CCCNC(=O)c1ccccc1Br)NN=Cc1cccc(OC(=O)c2ccccc2Cl)c1. The fraction of sp³-hybridized carbons (Fsp3) is 0.120. The molecule has 2 amide bonds. The molecule has 0 saturated heterocycles. The van der Waals surface area contributed by atoms with Crippen molar-refractivity contribution in [2.75, 3.05) is 6.54 Å². The predicted molar refractivity (Wildman–Crippen MR) is 134 cm³/mol. The van der Waals surface area contributed by atoms with Gasteiger partial charge in [0.15, 0.2) is 0 Å². The second kappa shape index (κ2) is 12.7. The van der Waals surface area contributed by atoms with Crippen molar-refractivity contribution in [1.82, 2.24) is 10.7 Å². The molecule has 3 rings (SSSR count). The van der Waals surface area contributed by atoms with E-state index in [0.29, 0.717) is 39.3 Å². The van der Waals surface area contributed by atoms with Crippen molar-refractivity contribution in [1.29, 1.82) is 0 Å². The summed E-state index contributed by atoms with van der Waals surface area (Å²) in [5, 5.41) is 7.01. The summed E-state index contributed by atoms with van der Waals surface area (Å²) in [5.41, 5.74) is 3.87. The summed E-state index contributed by atoms with van der Waals surface area (Å²) in [6, 6.07) is 20.4. The number of halogens is 2. The number of hydrogen-bond acceptors (Lipinski definition) is 5. The zero-order chi connectivity index (χ0) is 24.3. The van der Waals surface area contributed by atoms with Crippen LogP contribution in [0.15, 0.2) is 82.4 Å². The highest BCUT2D eigenvalue weighted by Gasteiger charge is 2.12. The summed E-state index contributed by atoms with van der Waals surface area (Å²) in [6.45, 7) is 0.357. The molecule has 0 aliphatic carbocycles. The molecule has 0 radical (unpaired) electrons. The fourth-order valence-corrected chi connectivity index (χ4v) is 3.55. The van der Waals surface area contributed by atoms with Gasteiger partial charge < -0.3 is 10.1 Å². The van der Waals surface area contributed by atoms with Crippen molar-refractivity contribution in [2.45, 2.75) is 12.8 Å². The zero-order valence-electron chi connectivity index (χ0n) is 18.0. The number of hydrazone groups is 1. The van der Waals surface area contributed by atoms with Crippen molar-refractivity contribution in [2.24, 2.45) is 5.10 Å². The molecule has 0 unspecified atom stereocenters. The summed E-state index contributed by atoms with van der Waals surface area (Å²) < 4.78 is 6.07. The smallest absolute Gasteiger partial charge is 0.345 e. The Balaban J connectivity index is 1.42. The number of benzene rings is 3. The Kier molecular flexibility index (Phi) is 9.37. The first-order valence-electron chi connectivity index (χ1n) is 10.4. The second-order valence-corrected chi connectivity index (χ2v) is 8.34. The van der Waals surface area contributed by atoms with Crippen LogP contribution in [0.2, 0.25) is 5.02 Å². The van der Waals surface area contributed by atoms with Gasteiger partial charge in [0.2, 0.25) is 5.91 Å². The standard InChI is InChI=1S/C25H21BrClN3O4/c26-21-11-3-1-9-19(21)24(32)28-14-6-13-23(31)30-29-16-17-7-5-8-18(15-17)34-25(33)20-10-2-4-12-22(20)27/h1-5,7-12,15-16H,6,13-14H2,(H,28,32)(H,30,31). The molecule has 0 atom stereocenters. The van der Waals surface area contributed by atoms with E-state index >= 15 is 0 Å². The Labute approximate surface area is 210 Å². The summed E-state index contributed by atoms with van der Waals surface area (Å²) in [4.78, 5) is 36.4. The number of esters is 1. The highest BCUT2D eigenvalue weighted by atomic mass is 79.9. The Morgan fingerprint density at radius 2 is 1.71 bits per heavy atom. The minimum atomic E-state index is -0.570. The van der Waals surface area contributed by atoms with Crippen LogP contribution in [0, 0.1) is 0 Å². The quantitative estimate of drug-likeness (QED) is 0.131. The molecule has 0 aliphatic rings. The lowest BCUT2D eigenvalue weighted by Crippen LogP contribution is -2.26. The molecule has 0 bridgehead atoms. The van der Waals surface area contributed by atoms with Crippen molar-refractivity contribution in [3.8, 4) is 5.75 Å². The van der Waals surface area contributed by atoms with Crippen molar-refractivity contribution >= 4 is 51.5 Å². The van der Waals surface area contributed by atoms with Gasteiger partial charge in [0.1, 0.15) is 5.75 Å². The molecule has 3 aromatic carbocycles. The van der Waals surface area contributed by atoms with Crippen LogP contribution in [0.1, 0.15) is 39.1 Å². The Bertz CT molecular complexity index is 1220. The first kappa shape index (κ1) is 25.1. The summed E-state index contributed by atoms with van der Waals surface area (Å²) in [6.07, 6.45) is 2.10. The molecule has 9 heteroatoms. The van der Waals surface area contributed by atoms with Gasteiger partial charge in [-0.05, 0) is 64.3 Å². The topological polar surface area (TPSA) is 96.9 Å². The summed E-state index contributed by atoms with van der Waals surface area (Å²) in [7, 11) is 0. The Hall–Kier alpha value is -3.49. The third-order valence-corrected chi connectivity index (χ3v) is 5.57. The van der Waals surface area contributed by atoms with Gasteiger partial charge in [0.05, 0.1) is 22.4 Å². The number of amides is 2. The maximum atomic E-state index is 12.3. The molecule has 2 N–H and O–H groups in total. The van der Waals surface area contributed by atoms with Crippen LogP contribution >= 0.6 is 27.5 Å². The van der Waals surface area contributed by atoms with E-state index < -0.39 is 5.97 Å². The monoisotopic (exact) mass is 541 g/mol. The van der Waals surface area contributed by atoms with Crippen molar-refractivity contribution in [3.05, 3.63) is 99.0 Å². The fourth-order valence-electron chi connectivity index (χ4n) is 2.87. The van der Waals surface area contributed by atoms with E-state index in [1.807, 2.05) is 6.07 Å². The Morgan fingerprint density at radius 1 is 0.971 bits per heavy atom. The average molecular weight is 543 g/mol. The minimum absolute atomic E-state index is 0.197. The average Bonchev–Trinajstić information content (AvgIpc) is 2.82. The zero-order valence-corrected chi connectivity index (χ0v) is 20.3. The molecule has 0 heterocycles. The largest absolute Gasteiger partial charge is 0.423 e. The van der Waals surface area contributed by atoms with Crippen LogP contribution in [0.4, 0.5) is 0 Å². The van der Waals surface area contributed by atoms with Crippen LogP contribution in [0.5, 0.6) is 5.75 Å². The third kappa shape index (κ3) is 7.54.